The Bertz CT molecular complexity index is 1410. The lowest BCUT2D eigenvalue weighted by atomic mass is 9.75. The van der Waals surface area contributed by atoms with Gasteiger partial charge in [-0.2, -0.15) is 0 Å². The maximum atomic E-state index is 14.2. The zero-order valence-electron chi connectivity index (χ0n) is 19.8. The molecule has 4 heterocycles. The number of hydrogen-bond donors (Lipinski definition) is 1. The normalized spacial score (nSPS) is 28.5. The van der Waals surface area contributed by atoms with Crippen LogP contribution in [0.3, 0.4) is 0 Å². The Labute approximate surface area is 211 Å². The van der Waals surface area contributed by atoms with Crippen LogP contribution in [-0.2, 0) is 19.9 Å². The van der Waals surface area contributed by atoms with Gasteiger partial charge in [0.05, 0.1) is 40.3 Å². The lowest BCUT2D eigenvalue weighted by molar-refractivity contribution is -0.385. The van der Waals surface area contributed by atoms with Crippen LogP contribution in [0, 0.1) is 35.8 Å². The molecule has 10 nitrogen and oxygen atoms in total. The van der Waals surface area contributed by atoms with Crippen molar-refractivity contribution in [3.05, 3.63) is 56.1 Å². The number of benzene rings is 2. The number of carbonyl (C=O) groups excluding carboxylic acids is 3. The van der Waals surface area contributed by atoms with Crippen molar-refractivity contribution in [1.82, 2.24) is 4.90 Å². The summed E-state index contributed by atoms with van der Waals surface area (Å²) in [6.07, 6.45) is 1.48. The molecule has 4 aliphatic rings. The molecule has 4 aliphatic heterocycles. The highest BCUT2D eigenvalue weighted by molar-refractivity contribution is 6.35. The highest BCUT2D eigenvalue weighted by Crippen LogP contribution is 2.61. The fourth-order valence-corrected chi connectivity index (χ4v) is 7.16. The molecule has 1 N–H and O–H groups in total. The predicted molar refractivity (Wildman–Crippen MR) is 130 cm³/mol. The van der Waals surface area contributed by atoms with E-state index in [9.17, 15) is 24.5 Å². The smallest absolute Gasteiger partial charge is 0.311 e. The molecular formula is C25H23ClN4O6. The summed E-state index contributed by atoms with van der Waals surface area (Å²) in [6.45, 7) is 4.06. The number of rotatable bonds is 3. The number of nitro groups is 1. The van der Waals surface area contributed by atoms with Crippen LogP contribution in [0.5, 0.6) is 5.75 Å². The molecule has 6 rings (SSSR count). The Morgan fingerprint density at radius 1 is 1.17 bits per heavy atom. The SMILES string of the molecule is COc1cc(N2C(=O)[C@H]3[C@@H](C2=O)[C@]2(C(=O)Nc4c(Cl)cc(C)cc42)N2CCC[C@@H]32)c(C)cc1[N+](=O)[O-]. The van der Waals surface area contributed by atoms with Crippen molar-refractivity contribution in [3.8, 4) is 5.75 Å². The molecule has 1 spiro atoms. The van der Waals surface area contributed by atoms with Gasteiger partial charge < -0.3 is 10.1 Å². The Kier molecular flexibility index (Phi) is 4.78. The molecule has 0 saturated carbocycles. The first-order chi connectivity index (χ1) is 17.1. The first kappa shape index (κ1) is 22.9. The van der Waals surface area contributed by atoms with Gasteiger partial charge in [0, 0.05) is 23.7 Å². The molecular weight excluding hydrogens is 488 g/mol. The summed E-state index contributed by atoms with van der Waals surface area (Å²) in [5, 5.41) is 14.8. The minimum atomic E-state index is -1.35. The summed E-state index contributed by atoms with van der Waals surface area (Å²) in [4.78, 5) is 55.9. The number of carbonyl (C=O) groups is 3. The van der Waals surface area contributed by atoms with Crippen LogP contribution in [0.1, 0.15) is 29.5 Å². The van der Waals surface area contributed by atoms with Gasteiger partial charge in [0.2, 0.25) is 11.8 Å². The first-order valence-electron chi connectivity index (χ1n) is 11.7. The zero-order valence-corrected chi connectivity index (χ0v) is 20.6. The van der Waals surface area contributed by atoms with Gasteiger partial charge in [0.25, 0.3) is 5.91 Å². The molecule has 4 atom stereocenters. The molecule has 0 aliphatic carbocycles. The second kappa shape index (κ2) is 7.50. The van der Waals surface area contributed by atoms with E-state index in [-0.39, 0.29) is 29.1 Å². The van der Waals surface area contributed by atoms with E-state index < -0.39 is 34.1 Å². The van der Waals surface area contributed by atoms with Crippen LogP contribution < -0.4 is 15.0 Å². The maximum absolute atomic E-state index is 14.2. The van der Waals surface area contributed by atoms with Crippen LogP contribution in [0.25, 0.3) is 0 Å². The highest BCUT2D eigenvalue weighted by atomic mass is 35.5. The van der Waals surface area contributed by atoms with Crippen molar-refractivity contribution in [2.24, 2.45) is 11.8 Å². The van der Waals surface area contributed by atoms with E-state index in [4.69, 9.17) is 16.3 Å². The summed E-state index contributed by atoms with van der Waals surface area (Å²) < 4.78 is 5.20. The maximum Gasteiger partial charge on any atom is 0.311 e. The minimum Gasteiger partial charge on any atom is -0.490 e. The monoisotopic (exact) mass is 510 g/mol. The molecule has 3 amide bonds. The molecule has 3 saturated heterocycles. The van der Waals surface area contributed by atoms with Crippen molar-refractivity contribution in [3.63, 3.8) is 0 Å². The van der Waals surface area contributed by atoms with Gasteiger partial charge in [-0.15, -0.1) is 0 Å². The van der Waals surface area contributed by atoms with E-state index in [0.29, 0.717) is 34.8 Å². The van der Waals surface area contributed by atoms with Crippen molar-refractivity contribution < 1.29 is 24.0 Å². The third-order valence-corrected chi connectivity index (χ3v) is 8.43. The van der Waals surface area contributed by atoms with Gasteiger partial charge in [-0.3, -0.25) is 29.4 Å². The fourth-order valence-electron chi connectivity index (χ4n) is 6.84. The summed E-state index contributed by atoms with van der Waals surface area (Å²) in [5.74, 6) is -2.99. The zero-order chi connectivity index (χ0) is 25.7. The number of ether oxygens (including phenoxy) is 1. The largest absolute Gasteiger partial charge is 0.490 e. The highest BCUT2D eigenvalue weighted by Gasteiger charge is 2.75. The van der Waals surface area contributed by atoms with E-state index in [0.717, 1.165) is 16.9 Å². The van der Waals surface area contributed by atoms with E-state index in [2.05, 4.69) is 5.32 Å². The number of halogens is 1. The topological polar surface area (TPSA) is 122 Å². The molecule has 0 aromatic heterocycles. The van der Waals surface area contributed by atoms with Crippen LogP contribution in [0.15, 0.2) is 24.3 Å². The van der Waals surface area contributed by atoms with Crippen LogP contribution >= 0.6 is 11.6 Å². The van der Waals surface area contributed by atoms with Gasteiger partial charge in [-0.05, 0) is 50.4 Å². The summed E-state index contributed by atoms with van der Waals surface area (Å²) in [5.41, 5.74) is 0.948. The molecule has 11 heteroatoms. The number of hydrogen-bond acceptors (Lipinski definition) is 7. The van der Waals surface area contributed by atoms with E-state index in [1.807, 2.05) is 17.9 Å². The molecule has 3 fully saturated rings. The lowest BCUT2D eigenvalue weighted by Crippen LogP contribution is -2.54. The van der Waals surface area contributed by atoms with Crippen LogP contribution in [-0.4, -0.2) is 47.2 Å². The van der Waals surface area contributed by atoms with Crippen LogP contribution in [0.2, 0.25) is 5.02 Å². The van der Waals surface area contributed by atoms with Gasteiger partial charge in [0.15, 0.2) is 5.75 Å². The van der Waals surface area contributed by atoms with Gasteiger partial charge in [-0.1, -0.05) is 17.7 Å². The number of anilines is 2. The summed E-state index contributed by atoms with van der Waals surface area (Å²) in [6, 6.07) is 5.99. The van der Waals surface area contributed by atoms with Gasteiger partial charge in [0.1, 0.15) is 5.54 Å². The predicted octanol–water partition coefficient (Wildman–Crippen LogP) is 3.30. The third kappa shape index (κ3) is 2.63. The molecule has 2 aromatic carbocycles. The van der Waals surface area contributed by atoms with Crippen molar-refractivity contribution in [2.45, 2.75) is 38.3 Å². The Balaban J connectivity index is 1.55. The van der Waals surface area contributed by atoms with Crippen molar-refractivity contribution in [1.29, 1.82) is 0 Å². The number of fused-ring (bicyclic) bond motifs is 7. The number of methoxy groups -OCH3 is 1. The minimum absolute atomic E-state index is 0.0539. The Morgan fingerprint density at radius 2 is 1.92 bits per heavy atom. The number of imide groups is 1. The molecule has 36 heavy (non-hydrogen) atoms. The summed E-state index contributed by atoms with van der Waals surface area (Å²) in [7, 11) is 1.29. The van der Waals surface area contributed by atoms with Gasteiger partial charge in [-0.25, -0.2) is 4.90 Å². The van der Waals surface area contributed by atoms with E-state index in [1.165, 1.54) is 19.2 Å². The number of amides is 3. The third-order valence-electron chi connectivity index (χ3n) is 8.13. The number of aryl methyl sites for hydroxylation is 2. The fraction of sp³-hybridized carbons (Fsp3) is 0.400. The molecule has 0 bridgehead atoms. The van der Waals surface area contributed by atoms with Crippen LogP contribution in [0.4, 0.5) is 17.1 Å². The van der Waals surface area contributed by atoms with E-state index in [1.54, 1.807) is 13.0 Å². The number of nitro benzene ring substituents is 1. The average molecular weight is 511 g/mol. The Morgan fingerprint density at radius 3 is 2.61 bits per heavy atom. The first-order valence-corrected chi connectivity index (χ1v) is 12.1. The van der Waals surface area contributed by atoms with Crippen molar-refractivity contribution in [2.75, 3.05) is 23.9 Å². The second-order valence-corrected chi connectivity index (χ2v) is 10.3. The second-order valence-electron chi connectivity index (χ2n) is 9.88. The van der Waals surface area contributed by atoms with Gasteiger partial charge >= 0.3 is 5.69 Å². The Hall–Kier alpha value is -3.50. The molecule has 0 unspecified atom stereocenters. The number of nitrogens with zero attached hydrogens (tertiary/aromatic N) is 3. The quantitative estimate of drug-likeness (QED) is 0.382. The molecule has 2 aromatic rings. The standard InChI is InChI=1S/C25H23ClN4O6/c1-11-7-13-21(14(26)8-11)27-24(33)25(13)20-19(15-5-4-6-28(15)25)22(31)29(23(20)32)16-10-18(36-3)17(30(34)35)9-12(16)2/h7-10,15,19-20H,4-6H2,1-3H3,(H,27,33)/t15-,19+,20-,25+/m0/s1. The lowest BCUT2D eigenvalue weighted by Gasteiger charge is -2.37. The average Bonchev–Trinajstić information content (AvgIpc) is 3.53. The van der Waals surface area contributed by atoms with E-state index >= 15 is 0 Å². The summed E-state index contributed by atoms with van der Waals surface area (Å²) >= 11 is 6.51. The molecule has 186 valence electrons. The van der Waals surface area contributed by atoms with Crippen molar-refractivity contribution >= 4 is 46.4 Å². The number of nitrogens with one attached hydrogen (secondary N) is 1. The molecule has 0 radical (unpaired) electrons.